The molecular formula is C13H21FN2OS. The summed E-state index contributed by atoms with van der Waals surface area (Å²) in [6, 6.07) is 3.34. The number of nitrogens with zero attached hydrogens (tertiary/aromatic N) is 2. The SMILES string of the molecule is CSCC(C)N(C)CCC(O)c1ccc(F)cn1. The normalized spacial score (nSPS) is 14.8. The van der Waals surface area contributed by atoms with E-state index < -0.39 is 6.10 Å². The summed E-state index contributed by atoms with van der Waals surface area (Å²) in [7, 11) is 2.05. The van der Waals surface area contributed by atoms with E-state index in [1.807, 2.05) is 18.8 Å². The van der Waals surface area contributed by atoms with Crippen LogP contribution < -0.4 is 0 Å². The lowest BCUT2D eigenvalue weighted by atomic mass is 10.1. The van der Waals surface area contributed by atoms with Gasteiger partial charge in [-0.1, -0.05) is 0 Å². The first-order valence-electron chi connectivity index (χ1n) is 6.03. The lowest BCUT2D eigenvalue weighted by Gasteiger charge is -2.24. The van der Waals surface area contributed by atoms with Crippen LogP contribution in [0.1, 0.15) is 25.1 Å². The molecule has 0 aliphatic heterocycles. The van der Waals surface area contributed by atoms with Crippen molar-refractivity contribution < 1.29 is 9.50 Å². The molecule has 5 heteroatoms. The average Bonchev–Trinajstić information content (AvgIpc) is 2.36. The van der Waals surface area contributed by atoms with Crippen LogP contribution in [0.2, 0.25) is 0 Å². The Hall–Kier alpha value is -0.650. The van der Waals surface area contributed by atoms with Crippen molar-refractivity contribution in [1.82, 2.24) is 9.88 Å². The van der Waals surface area contributed by atoms with Crippen LogP contribution in [0, 0.1) is 5.82 Å². The van der Waals surface area contributed by atoms with E-state index in [1.165, 1.54) is 12.1 Å². The Kier molecular flexibility index (Phi) is 6.60. The van der Waals surface area contributed by atoms with Crippen molar-refractivity contribution >= 4 is 11.8 Å². The molecule has 0 bridgehead atoms. The lowest BCUT2D eigenvalue weighted by molar-refractivity contribution is 0.138. The van der Waals surface area contributed by atoms with Crippen LogP contribution >= 0.6 is 11.8 Å². The average molecular weight is 272 g/mol. The molecule has 1 N–H and O–H groups in total. The maximum Gasteiger partial charge on any atom is 0.141 e. The van der Waals surface area contributed by atoms with Crippen LogP contribution in [-0.4, -0.2) is 46.6 Å². The van der Waals surface area contributed by atoms with Gasteiger partial charge in [-0.15, -0.1) is 0 Å². The van der Waals surface area contributed by atoms with Gasteiger partial charge in [-0.25, -0.2) is 4.39 Å². The summed E-state index contributed by atoms with van der Waals surface area (Å²) in [6.07, 6.45) is 3.20. The molecule has 0 radical (unpaired) electrons. The van der Waals surface area contributed by atoms with Crippen LogP contribution in [0.15, 0.2) is 18.3 Å². The van der Waals surface area contributed by atoms with Gasteiger partial charge in [0, 0.05) is 18.3 Å². The van der Waals surface area contributed by atoms with E-state index >= 15 is 0 Å². The zero-order chi connectivity index (χ0) is 13.5. The molecule has 0 aliphatic rings. The van der Waals surface area contributed by atoms with Gasteiger partial charge in [-0.2, -0.15) is 11.8 Å². The highest BCUT2D eigenvalue weighted by Gasteiger charge is 2.13. The van der Waals surface area contributed by atoms with Crippen LogP contribution in [-0.2, 0) is 0 Å². The topological polar surface area (TPSA) is 36.4 Å². The number of hydrogen-bond acceptors (Lipinski definition) is 4. The molecule has 0 aromatic carbocycles. The Morgan fingerprint density at radius 3 is 2.78 bits per heavy atom. The monoisotopic (exact) mass is 272 g/mol. The van der Waals surface area contributed by atoms with Crippen molar-refractivity contribution in [1.29, 1.82) is 0 Å². The van der Waals surface area contributed by atoms with E-state index in [0.717, 1.165) is 18.5 Å². The molecule has 1 aromatic heterocycles. The largest absolute Gasteiger partial charge is 0.387 e. The fourth-order valence-corrected chi connectivity index (χ4v) is 2.38. The third-order valence-corrected chi connectivity index (χ3v) is 3.82. The quantitative estimate of drug-likeness (QED) is 0.826. The lowest BCUT2D eigenvalue weighted by Crippen LogP contribution is -2.32. The Labute approximate surface area is 112 Å². The number of halogens is 1. The first-order chi connectivity index (χ1) is 8.54. The minimum Gasteiger partial charge on any atom is -0.387 e. The molecule has 3 nitrogen and oxygen atoms in total. The summed E-state index contributed by atoms with van der Waals surface area (Å²) in [5.41, 5.74) is 0.530. The van der Waals surface area contributed by atoms with E-state index in [-0.39, 0.29) is 5.82 Å². The number of aliphatic hydroxyl groups is 1. The number of rotatable bonds is 7. The number of aliphatic hydroxyl groups excluding tert-OH is 1. The van der Waals surface area contributed by atoms with E-state index in [0.29, 0.717) is 18.2 Å². The van der Waals surface area contributed by atoms with Crippen LogP contribution in [0.3, 0.4) is 0 Å². The van der Waals surface area contributed by atoms with Crippen LogP contribution in [0.4, 0.5) is 4.39 Å². The molecule has 102 valence electrons. The first-order valence-corrected chi connectivity index (χ1v) is 7.42. The highest BCUT2D eigenvalue weighted by Crippen LogP contribution is 2.15. The highest BCUT2D eigenvalue weighted by atomic mass is 32.2. The molecule has 0 fully saturated rings. The Bertz CT molecular complexity index is 347. The van der Waals surface area contributed by atoms with Gasteiger partial charge in [0.05, 0.1) is 18.0 Å². The zero-order valence-corrected chi connectivity index (χ0v) is 12.0. The van der Waals surface area contributed by atoms with Gasteiger partial charge in [0.25, 0.3) is 0 Å². The Morgan fingerprint density at radius 1 is 1.50 bits per heavy atom. The molecule has 1 aromatic rings. The molecule has 0 saturated heterocycles. The summed E-state index contributed by atoms with van der Waals surface area (Å²) in [5, 5.41) is 9.96. The number of thioether (sulfide) groups is 1. The molecule has 0 spiro atoms. The summed E-state index contributed by atoms with van der Waals surface area (Å²) in [5.74, 6) is 0.693. The molecule has 0 aliphatic carbocycles. The third-order valence-electron chi connectivity index (χ3n) is 3.01. The molecule has 2 atom stereocenters. The minimum atomic E-state index is -0.630. The van der Waals surface area contributed by atoms with E-state index in [2.05, 4.69) is 23.1 Å². The second-order valence-electron chi connectivity index (χ2n) is 4.49. The summed E-state index contributed by atoms with van der Waals surface area (Å²) >= 11 is 1.81. The molecule has 1 rings (SSSR count). The Balaban J connectivity index is 2.41. The van der Waals surface area contributed by atoms with Gasteiger partial charge < -0.3 is 10.0 Å². The van der Waals surface area contributed by atoms with E-state index in [1.54, 1.807) is 0 Å². The van der Waals surface area contributed by atoms with E-state index in [9.17, 15) is 9.50 Å². The van der Waals surface area contributed by atoms with Crippen molar-refractivity contribution in [3.63, 3.8) is 0 Å². The fraction of sp³-hybridized carbons (Fsp3) is 0.615. The molecular weight excluding hydrogens is 251 g/mol. The molecule has 18 heavy (non-hydrogen) atoms. The van der Waals surface area contributed by atoms with Gasteiger partial charge in [0.1, 0.15) is 5.82 Å². The maximum absolute atomic E-state index is 12.7. The van der Waals surface area contributed by atoms with Gasteiger partial charge in [0.15, 0.2) is 0 Å². The number of aromatic nitrogens is 1. The van der Waals surface area contributed by atoms with Gasteiger partial charge in [0.2, 0.25) is 0 Å². The first kappa shape index (κ1) is 15.4. The van der Waals surface area contributed by atoms with Gasteiger partial charge in [-0.05, 0) is 38.8 Å². The van der Waals surface area contributed by atoms with Gasteiger partial charge in [-0.3, -0.25) is 4.98 Å². The van der Waals surface area contributed by atoms with Crippen molar-refractivity contribution in [2.45, 2.75) is 25.5 Å². The maximum atomic E-state index is 12.7. The van der Waals surface area contributed by atoms with Crippen LogP contribution in [0.5, 0.6) is 0 Å². The standard InChI is InChI=1S/C13H21FN2OS/c1-10(9-18-3)16(2)7-6-13(17)12-5-4-11(14)8-15-12/h4-5,8,10,13,17H,6-7,9H2,1-3H3. The molecule has 0 saturated carbocycles. The third kappa shape index (κ3) is 4.92. The number of pyridine rings is 1. The van der Waals surface area contributed by atoms with Crippen molar-refractivity contribution in [3.05, 3.63) is 29.8 Å². The fourth-order valence-electron chi connectivity index (χ4n) is 1.65. The predicted molar refractivity (Wildman–Crippen MR) is 74.2 cm³/mol. The molecule has 1 heterocycles. The zero-order valence-electron chi connectivity index (χ0n) is 11.1. The predicted octanol–water partition coefficient (Wildman–Crippen LogP) is 2.33. The van der Waals surface area contributed by atoms with Gasteiger partial charge >= 0.3 is 0 Å². The smallest absolute Gasteiger partial charge is 0.141 e. The molecule has 0 amide bonds. The van der Waals surface area contributed by atoms with E-state index in [4.69, 9.17) is 0 Å². The Morgan fingerprint density at radius 2 is 2.22 bits per heavy atom. The minimum absolute atomic E-state index is 0.378. The summed E-state index contributed by atoms with van der Waals surface area (Å²) in [6.45, 7) is 2.96. The number of hydrogen-bond donors (Lipinski definition) is 1. The summed E-state index contributed by atoms with van der Waals surface area (Å²) < 4.78 is 12.7. The second kappa shape index (κ2) is 7.71. The highest BCUT2D eigenvalue weighted by molar-refractivity contribution is 7.98. The molecule has 2 unspecified atom stereocenters. The van der Waals surface area contributed by atoms with Crippen LogP contribution in [0.25, 0.3) is 0 Å². The summed E-state index contributed by atoms with van der Waals surface area (Å²) in [4.78, 5) is 6.10. The van der Waals surface area contributed by atoms with Crippen molar-refractivity contribution in [2.24, 2.45) is 0 Å². The second-order valence-corrected chi connectivity index (χ2v) is 5.40. The van der Waals surface area contributed by atoms with Crippen molar-refractivity contribution in [2.75, 3.05) is 25.6 Å². The van der Waals surface area contributed by atoms with Crippen molar-refractivity contribution in [3.8, 4) is 0 Å².